The predicted molar refractivity (Wildman–Crippen MR) is 136 cm³/mol. The number of likely N-dealkylation sites (N-methyl/N-ethyl adjacent to an activating group) is 1. The second-order valence-corrected chi connectivity index (χ2v) is 11.0. The third-order valence-electron chi connectivity index (χ3n) is 6.19. The first-order valence-electron chi connectivity index (χ1n) is 11.0. The van der Waals surface area contributed by atoms with Crippen molar-refractivity contribution in [1.29, 1.82) is 0 Å². The molecule has 0 aliphatic carbocycles. The molecule has 0 bridgehead atoms. The second kappa shape index (κ2) is 9.38. The number of piperazine rings is 1. The zero-order valence-electron chi connectivity index (χ0n) is 19.2. The van der Waals surface area contributed by atoms with E-state index in [1.165, 1.54) is 29.2 Å². The number of carbonyl (C=O) groups is 1. The molecule has 2 heterocycles. The summed E-state index contributed by atoms with van der Waals surface area (Å²) in [5.74, 6) is 0.0777. The van der Waals surface area contributed by atoms with Gasteiger partial charge in [0.05, 0.1) is 9.77 Å². The summed E-state index contributed by atoms with van der Waals surface area (Å²) in [7, 11) is -1.62. The van der Waals surface area contributed by atoms with Crippen LogP contribution in [0.3, 0.4) is 0 Å². The lowest BCUT2D eigenvalue weighted by molar-refractivity contribution is 0.0992. The van der Waals surface area contributed by atoms with Gasteiger partial charge in [-0.2, -0.15) is 0 Å². The van der Waals surface area contributed by atoms with Crippen molar-refractivity contribution in [1.82, 2.24) is 4.90 Å². The first kappa shape index (κ1) is 23.6. The van der Waals surface area contributed by atoms with E-state index in [-0.39, 0.29) is 10.7 Å². The molecule has 2 N–H and O–H groups in total. The van der Waals surface area contributed by atoms with E-state index in [9.17, 15) is 13.2 Å². The van der Waals surface area contributed by atoms with Crippen molar-refractivity contribution in [2.45, 2.75) is 25.2 Å². The Kier molecular flexibility index (Phi) is 6.72. The minimum atomic E-state index is -3.77. The number of Topliss-reactive ketones (excluding diaryl/α,β-unsaturated/α-hetero) is 1. The molecule has 4 rings (SSSR count). The lowest BCUT2D eigenvalue weighted by Crippen LogP contribution is -2.44. The smallest absolute Gasteiger partial charge is 0.238 e. The monoisotopic (exact) mass is 483 g/mol. The zero-order chi connectivity index (χ0) is 23.8. The molecule has 2 aromatic carbocycles. The predicted octanol–water partition coefficient (Wildman–Crippen LogP) is 4.38. The summed E-state index contributed by atoms with van der Waals surface area (Å²) >= 11 is 1.51. The molecule has 1 saturated heterocycles. The molecule has 3 aromatic rings. The van der Waals surface area contributed by atoms with Crippen molar-refractivity contribution in [2.24, 2.45) is 5.14 Å². The first-order valence-corrected chi connectivity index (χ1v) is 13.4. The van der Waals surface area contributed by atoms with Crippen molar-refractivity contribution >= 4 is 32.8 Å². The molecule has 1 aliphatic heterocycles. The maximum atomic E-state index is 12.8. The number of nitrogens with two attached hydrogens (primary N) is 1. The van der Waals surface area contributed by atoms with Gasteiger partial charge < -0.3 is 9.80 Å². The van der Waals surface area contributed by atoms with Crippen LogP contribution in [0.5, 0.6) is 0 Å². The van der Waals surface area contributed by atoms with Crippen LogP contribution in [0.1, 0.15) is 28.6 Å². The molecule has 1 aliphatic rings. The average Bonchev–Trinajstić information content (AvgIpc) is 3.15. The molecule has 1 aromatic heterocycles. The molecule has 0 atom stereocenters. The number of thiophene rings is 1. The fraction of sp³-hybridized carbons (Fsp3) is 0.320. The van der Waals surface area contributed by atoms with Crippen molar-refractivity contribution in [3.8, 4) is 21.6 Å². The van der Waals surface area contributed by atoms with Crippen LogP contribution in [0, 0.1) is 6.92 Å². The Bertz CT molecular complexity index is 1260. The quantitative estimate of drug-likeness (QED) is 0.526. The van der Waals surface area contributed by atoms with Crippen LogP contribution in [0.4, 0.5) is 5.69 Å². The van der Waals surface area contributed by atoms with E-state index in [1.807, 2.05) is 13.8 Å². The molecule has 8 heteroatoms. The number of benzene rings is 2. The summed E-state index contributed by atoms with van der Waals surface area (Å²) in [5, 5.41) is 5.24. The Morgan fingerprint density at radius 1 is 0.970 bits per heavy atom. The van der Waals surface area contributed by atoms with Crippen molar-refractivity contribution < 1.29 is 13.2 Å². The molecule has 0 unspecified atom stereocenters. The number of rotatable bonds is 6. The number of ketones is 1. The minimum absolute atomic E-state index is 0.0576. The minimum Gasteiger partial charge on any atom is -0.369 e. The highest BCUT2D eigenvalue weighted by Crippen LogP contribution is 2.43. The Morgan fingerprint density at radius 3 is 2.09 bits per heavy atom. The van der Waals surface area contributed by atoms with E-state index < -0.39 is 10.0 Å². The third kappa shape index (κ3) is 4.89. The summed E-state index contributed by atoms with van der Waals surface area (Å²) < 4.78 is 23.3. The van der Waals surface area contributed by atoms with Crippen LogP contribution in [0.2, 0.25) is 0 Å². The zero-order valence-corrected chi connectivity index (χ0v) is 20.8. The van der Waals surface area contributed by atoms with E-state index in [1.54, 1.807) is 12.1 Å². The highest BCUT2D eigenvalue weighted by Gasteiger charge is 2.22. The molecule has 33 heavy (non-hydrogen) atoms. The second-order valence-electron chi connectivity index (χ2n) is 8.44. The summed E-state index contributed by atoms with van der Waals surface area (Å²) in [4.78, 5) is 19.4. The topological polar surface area (TPSA) is 83.7 Å². The highest BCUT2D eigenvalue weighted by atomic mass is 32.2. The third-order valence-corrected chi connectivity index (χ3v) is 8.50. The Labute approximate surface area is 199 Å². The Morgan fingerprint density at radius 2 is 1.55 bits per heavy atom. The number of primary sulfonamides is 1. The number of sulfonamides is 1. The van der Waals surface area contributed by atoms with Crippen molar-refractivity contribution in [2.75, 3.05) is 38.1 Å². The van der Waals surface area contributed by atoms with Crippen LogP contribution in [0.25, 0.3) is 21.6 Å². The van der Waals surface area contributed by atoms with Gasteiger partial charge in [-0.05, 0) is 54.9 Å². The van der Waals surface area contributed by atoms with E-state index >= 15 is 0 Å². The summed E-state index contributed by atoms with van der Waals surface area (Å²) in [6.07, 6.45) is 0.407. The van der Waals surface area contributed by atoms with E-state index in [0.29, 0.717) is 11.3 Å². The molecule has 174 valence electrons. The molecular formula is C25H29N3O3S2. The highest BCUT2D eigenvalue weighted by molar-refractivity contribution is 7.89. The normalized spacial score (nSPS) is 15.1. The van der Waals surface area contributed by atoms with Gasteiger partial charge in [0.15, 0.2) is 5.78 Å². The van der Waals surface area contributed by atoms with Crippen LogP contribution in [-0.4, -0.2) is 52.3 Å². The van der Waals surface area contributed by atoms with Crippen LogP contribution in [0.15, 0.2) is 53.4 Å². The molecule has 0 spiro atoms. The van der Waals surface area contributed by atoms with Gasteiger partial charge >= 0.3 is 0 Å². The molecule has 1 fully saturated rings. The maximum absolute atomic E-state index is 12.8. The first-order chi connectivity index (χ1) is 15.7. The maximum Gasteiger partial charge on any atom is 0.238 e. The van der Waals surface area contributed by atoms with Gasteiger partial charge in [-0.3, -0.25) is 4.79 Å². The fourth-order valence-corrected chi connectivity index (χ4v) is 6.05. The standard InChI is InChI=1S/C25H29N3O3S2/c1-4-22(29)25-23(18-7-11-21(12-8-18)33(26,30)31)17(2)24(32-25)19-5-9-20(10-6-19)28-15-13-27(3)14-16-28/h5-12H,4,13-16H2,1-3H3,(H2,26,30,31). The summed E-state index contributed by atoms with van der Waals surface area (Å²) in [6, 6.07) is 15.0. The number of nitrogens with zero attached hydrogens (tertiary/aromatic N) is 2. The van der Waals surface area contributed by atoms with Gasteiger partial charge in [-0.25, -0.2) is 13.6 Å². The lowest BCUT2D eigenvalue weighted by Gasteiger charge is -2.34. The number of hydrogen-bond donors (Lipinski definition) is 1. The molecule has 0 amide bonds. The number of carbonyl (C=O) groups excluding carboxylic acids is 1. The summed E-state index contributed by atoms with van der Waals surface area (Å²) in [6.45, 7) is 8.03. The Hall–Kier alpha value is -2.52. The van der Waals surface area contributed by atoms with Gasteiger partial charge in [0.2, 0.25) is 10.0 Å². The van der Waals surface area contributed by atoms with Gasteiger partial charge in [-0.15, -0.1) is 11.3 Å². The molecular weight excluding hydrogens is 454 g/mol. The van der Waals surface area contributed by atoms with E-state index in [4.69, 9.17) is 5.14 Å². The number of hydrogen-bond acceptors (Lipinski definition) is 6. The average molecular weight is 484 g/mol. The van der Waals surface area contributed by atoms with Crippen LogP contribution >= 0.6 is 11.3 Å². The fourth-order valence-electron chi connectivity index (χ4n) is 4.19. The van der Waals surface area contributed by atoms with Crippen LogP contribution in [-0.2, 0) is 10.0 Å². The Balaban J connectivity index is 1.71. The SMILES string of the molecule is CCC(=O)c1sc(-c2ccc(N3CCN(C)CC3)cc2)c(C)c1-c1ccc(S(N)(=O)=O)cc1. The number of anilines is 1. The van der Waals surface area contributed by atoms with Gasteiger partial charge in [0.1, 0.15) is 0 Å². The van der Waals surface area contributed by atoms with Crippen molar-refractivity contribution in [3.05, 3.63) is 59.0 Å². The largest absolute Gasteiger partial charge is 0.369 e. The van der Waals surface area contributed by atoms with Crippen molar-refractivity contribution in [3.63, 3.8) is 0 Å². The van der Waals surface area contributed by atoms with Gasteiger partial charge in [0.25, 0.3) is 0 Å². The molecule has 0 radical (unpaired) electrons. The lowest BCUT2D eigenvalue weighted by atomic mass is 9.97. The van der Waals surface area contributed by atoms with Gasteiger partial charge in [-0.1, -0.05) is 31.2 Å². The van der Waals surface area contributed by atoms with Crippen LogP contribution < -0.4 is 10.0 Å². The molecule has 0 saturated carbocycles. The summed E-state index contributed by atoms with van der Waals surface area (Å²) in [5.41, 5.74) is 4.99. The van der Waals surface area contributed by atoms with Gasteiger partial charge in [0, 0.05) is 48.7 Å². The molecule has 6 nitrogen and oxygen atoms in total. The van der Waals surface area contributed by atoms with E-state index in [2.05, 4.69) is 41.1 Å². The van der Waals surface area contributed by atoms with E-state index in [0.717, 1.165) is 53.3 Å².